The van der Waals surface area contributed by atoms with Crippen molar-refractivity contribution in [1.82, 2.24) is 9.55 Å². The summed E-state index contributed by atoms with van der Waals surface area (Å²) >= 11 is 0. The molecule has 0 aliphatic carbocycles. The number of aromatic nitrogens is 2. The average Bonchev–Trinajstić information content (AvgIpc) is 2.99. The largest absolute Gasteiger partial charge is 0.466 e. The number of rotatable bonds is 1. The first-order valence-corrected chi connectivity index (χ1v) is 7.84. The Labute approximate surface area is 125 Å². The Morgan fingerprint density at radius 2 is 2.09 bits per heavy atom. The molecule has 116 valence electrons. The van der Waals surface area contributed by atoms with Crippen molar-refractivity contribution in [3.63, 3.8) is 0 Å². The minimum absolute atomic E-state index is 0.0141. The van der Waals surface area contributed by atoms with Crippen LogP contribution >= 0.6 is 7.82 Å². The Morgan fingerprint density at radius 3 is 2.68 bits per heavy atom. The lowest BCUT2D eigenvalue weighted by molar-refractivity contribution is 0.275. The van der Waals surface area contributed by atoms with Crippen LogP contribution in [0, 0.1) is 17.1 Å². The van der Waals surface area contributed by atoms with E-state index in [1.165, 1.54) is 6.07 Å². The maximum Gasteiger partial charge on any atom is 0.466 e. The van der Waals surface area contributed by atoms with Gasteiger partial charge in [0.25, 0.3) is 0 Å². The van der Waals surface area contributed by atoms with Crippen LogP contribution in [0.4, 0.5) is 4.39 Å². The maximum absolute atomic E-state index is 13.9. The summed E-state index contributed by atoms with van der Waals surface area (Å²) in [6, 6.07) is 6.61. The van der Waals surface area contributed by atoms with Crippen LogP contribution in [0.2, 0.25) is 0 Å². The van der Waals surface area contributed by atoms with Gasteiger partial charge in [-0.25, -0.2) is 13.9 Å². The Balaban J connectivity index is 0.000000309. The Kier molecular flexibility index (Phi) is 4.74. The standard InChI is InChI=1S/C13H10FN3.H3O4P/c14-12-5-9(6-15)1-3-11(12)13-4-2-10-7-16-8-17(10)13;1-5(2,3)4/h1,3,5,7-8,13H,2,4H2;(H3,1,2,3,4)/t13-;/m1./s1. The van der Waals surface area contributed by atoms with Gasteiger partial charge in [-0.05, 0) is 25.0 Å². The number of hydrogen-bond acceptors (Lipinski definition) is 3. The number of nitrogens with zero attached hydrogens (tertiary/aromatic N) is 3. The first-order chi connectivity index (χ1) is 10.3. The van der Waals surface area contributed by atoms with Gasteiger partial charge in [-0.2, -0.15) is 5.26 Å². The molecule has 1 aliphatic heterocycles. The van der Waals surface area contributed by atoms with E-state index in [0.29, 0.717) is 11.1 Å². The summed E-state index contributed by atoms with van der Waals surface area (Å²) in [5.41, 5.74) is 2.13. The summed E-state index contributed by atoms with van der Waals surface area (Å²) in [5.74, 6) is -0.310. The van der Waals surface area contributed by atoms with Crippen molar-refractivity contribution in [1.29, 1.82) is 5.26 Å². The molecule has 0 saturated heterocycles. The third-order valence-corrected chi connectivity index (χ3v) is 3.24. The van der Waals surface area contributed by atoms with Gasteiger partial charge in [-0.1, -0.05) is 6.07 Å². The molecule has 3 N–H and O–H groups in total. The van der Waals surface area contributed by atoms with E-state index in [-0.39, 0.29) is 11.9 Å². The highest BCUT2D eigenvalue weighted by atomic mass is 31.2. The fourth-order valence-electron chi connectivity index (χ4n) is 2.40. The molecule has 1 aromatic heterocycles. The van der Waals surface area contributed by atoms with Crippen molar-refractivity contribution in [3.8, 4) is 6.07 Å². The van der Waals surface area contributed by atoms with Crippen LogP contribution in [0.3, 0.4) is 0 Å². The molecule has 0 unspecified atom stereocenters. The molecule has 1 aromatic carbocycles. The highest BCUT2D eigenvalue weighted by molar-refractivity contribution is 7.45. The molecule has 7 nitrogen and oxygen atoms in total. The molecule has 1 aliphatic rings. The highest BCUT2D eigenvalue weighted by Crippen LogP contribution is 2.32. The predicted molar refractivity (Wildman–Crippen MR) is 74.1 cm³/mol. The van der Waals surface area contributed by atoms with Crippen molar-refractivity contribution in [2.75, 3.05) is 0 Å². The SMILES string of the molecule is N#Cc1ccc([C@H]2CCc3cncn32)c(F)c1.O=P(O)(O)O. The Morgan fingerprint density at radius 1 is 1.41 bits per heavy atom. The second kappa shape index (κ2) is 6.38. The summed E-state index contributed by atoms with van der Waals surface area (Å²) in [6.07, 6.45) is 5.37. The van der Waals surface area contributed by atoms with E-state index < -0.39 is 7.82 Å². The lowest BCUT2D eigenvalue weighted by Gasteiger charge is -2.14. The second-order valence-corrected chi connectivity index (χ2v) is 5.73. The summed E-state index contributed by atoms with van der Waals surface area (Å²) in [7, 11) is -4.64. The van der Waals surface area contributed by atoms with E-state index >= 15 is 0 Å². The first-order valence-electron chi connectivity index (χ1n) is 6.28. The lowest BCUT2D eigenvalue weighted by Crippen LogP contribution is -2.06. The van der Waals surface area contributed by atoms with E-state index in [1.54, 1.807) is 18.5 Å². The third-order valence-electron chi connectivity index (χ3n) is 3.24. The fourth-order valence-corrected chi connectivity index (χ4v) is 2.40. The molecule has 0 spiro atoms. The van der Waals surface area contributed by atoms with Crippen molar-refractivity contribution in [2.24, 2.45) is 0 Å². The summed E-state index contributed by atoms with van der Waals surface area (Å²) < 4.78 is 24.8. The molecular formula is C13H13FN3O4P. The van der Waals surface area contributed by atoms with Crippen LogP contribution in [0.25, 0.3) is 0 Å². The topological polar surface area (TPSA) is 119 Å². The van der Waals surface area contributed by atoms with Crippen LogP contribution in [0.15, 0.2) is 30.7 Å². The number of aryl methyl sites for hydroxylation is 1. The van der Waals surface area contributed by atoms with Crippen molar-refractivity contribution in [3.05, 3.63) is 53.4 Å². The zero-order valence-electron chi connectivity index (χ0n) is 11.3. The molecule has 22 heavy (non-hydrogen) atoms. The molecule has 0 saturated carbocycles. The van der Waals surface area contributed by atoms with Gasteiger partial charge in [-0.3, -0.25) is 0 Å². The number of phosphoric acid groups is 1. The predicted octanol–water partition coefficient (Wildman–Crippen LogP) is 1.50. The van der Waals surface area contributed by atoms with Crippen LogP contribution in [-0.4, -0.2) is 24.2 Å². The van der Waals surface area contributed by atoms with Crippen LogP contribution in [0.5, 0.6) is 0 Å². The van der Waals surface area contributed by atoms with E-state index in [9.17, 15) is 4.39 Å². The minimum Gasteiger partial charge on any atom is -0.327 e. The van der Waals surface area contributed by atoms with E-state index in [4.69, 9.17) is 24.5 Å². The second-order valence-electron chi connectivity index (χ2n) is 4.71. The van der Waals surface area contributed by atoms with Crippen molar-refractivity contribution >= 4 is 7.82 Å². The zero-order valence-corrected chi connectivity index (χ0v) is 12.2. The van der Waals surface area contributed by atoms with E-state index in [1.807, 2.05) is 16.8 Å². The van der Waals surface area contributed by atoms with Gasteiger partial charge in [0.1, 0.15) is 5.82 Å². The minimum atomic E-state index is -4.64. The highest BCUT2D eigenvalue weighted by Gasteiger charge is 2.25. The van der Waals surface area contributed by atoms with Gasteiger partial charge >= 0.3 is 7.82 Å². The molecule has 0 amide bonds. The van der Waals surface area contributed by atoms with Gasteiger partial charge in [0.2, 0.25) is 0 Å². The Bertz CT molecular complexity index is 757. The first kappa shape index (κ1) is 16.3. The molecule has 9 heteroatoms. The number of nitriles is 1. The van der Waals surface area contributed by atoms with Gasteiger partial charge < -0.3 is 19.2 Å². The molecule has 2 heterocycles. The molecule has 1 atom stereocenters. The molecule has 0 fully saturated rings. The summed E-state index contributed by atoms with van der Waals surface area (Å²) in [6.45, 7) is 0. The van der Waals surface area contributed by atoms with Crippen LogP contribution in [-0.2, 0) is 11.0 Å². The molecule has 2 aromatic rings. The lowest BCUT2D eigenvalue weighted by atomic mass is 10.0. The number of fused-ring (bicyclic) bond motifs is 1. The number of halogens is 1. The van der Waals surface area contributed by atoms with E-state index in [2.05, 4.69) is 4.98 Å². The molecule has 0 bridgehead atoms. The van der Waals surface area contributed by atoms with Gasteiger partial charge in [0, 0.05) is 17.5 Å². The third kappa shape index (κ3) is 4.00. The molecule has 0 radical (unpaired) electrons. The smallest absolute Gasteiger partial charge is 0.327 e. The average molecular weight is 325 g/mol. The van der Waals surface area contributed by atoms with Crippen LogP contribution < -0.4 is 0 Å². The normalized spacial score (nSPS) is 16.4. The number of benzene rings is 1. The number of imidazole rings is 1. The van der Waals surface area contributed by atoms with Gasteiger partial charge in [0.15, 0.2) is 0 Å². The fraction of sp³-hybridized carbons (Fsp3) is 0.231. The molecule has 3 rings (SSSR count). The number of hydrogen-bond donors (Lipinski definition) is 3. The zero-order chi connectivity index (χ0) is 16.3. The Hall–Kier alpha value is -2.04. The maximum atomic E-state index is 13.9. The van der Waals surface area contributed by atoms with Gasteiger partial charge in [0.05, 0.1) is 24.0 Å². The monoisotopic (exact) mass is 325 g/mol. The van der Waals surface area contributed by atoms with E-state index in [0.717, 1.165) is 18.5 Å². The van der Waals surface area contributed by atoms with Crippen molar-refractivity contribution in [2.45, 2.75) is 18.9 Å². The summed E-state index contributed by atoms with van der Waals surface area (Å²) in [5, 5.41) is 8.71. The summed E-state index contributed by atoms with van der Waals surface area (Å²) in [4.78, 5) is 25.6. The van der Waals surface area contributed by atoms with Crippen molar-refractivity contribution < 1.29 is 23.6 Å². The van der Waals surface area contributed by atoms with Crippen LogP contribution in [0.1, 0.15) is 29.3 Å². The molecular weight excluding hydrogens is 312 g/mol. The van der Waals surface area contributed by atoms with Gasteiger partial charge in [-0.15, -0.1) is 0 Å². The quantitative estimate of drug-likeness (QED) is 0.684.